The first-order chi connectivity index (χ1) is 15.0. The number of ether oxygens (including phenoxy) is 1. The molecule has 156 valence electrons. The Hall–Kier alpha value is -3.44. The summed E-state index contributed by atoms with van der Waals surface area (Å²) in [6.45, 7) is 5.75. The van der Waals surface area contributed by atoms with Gasteiger partial charge in [0.05, 0.1) is 17.3 Å². The number of amides is 1. The van der Waals surface area contributed by atoms with Gasteiger partial charge in [0.25, 0.3) is 0 Å². The average molecular weight is 432 g/mol. The van der Waals surface area contributed by atoms with Gasteiger partial charge in [-0.25, -0.2) is 0 Å². The highest BCUT2D eigenvalue weighted by atomic mass is 32.2. The van der Waals surface area contributed by atoms with Crippen LogP contribution in [0.1, 0.15) is 38.1 Å². The normalized spacial score (nSPS) is 14.8. The topological polar surface area (TPSA) is 92.0 Å². The van der Waals surface area contributed by atoms with Crippen molar-refractivity contribution in [3.8, 4) is 23.2 Å². The summed E-state index contributed by atoms with van der Waals surface area (Å²) in [7, 11) is 0. The highest BCUT2D eigenvalue weighted by Gasteiger charge is 2.34. The van der Waals surface area contributed by atoms with Crippen molar-refractivity contribution in [1.29, 1.82) is 5.26 Å². The third-order valence-corrected chi connectivity index (χ3v) is 5.99. The molecule has 0 saturated heterocycles. The molecule has 8 heteroatoms. The number of para-hydroxylation sites is 1. The van der Waals surface area contributed by atoms with E-state index in [9.17, 15) is 4.79 Å². The van der Waals surface area contributed by atoms with Crippen LogP contribution in [-0.2, 0) is 4.79 Å². The number of aromatic nitrogens is 3. The van der Waals surface area contributed by atoms with Gasteiger partial charge in [0.2, 0.25) is 23.2 Å². The number of carbonyl (C=O) groups is 1. The number of hydrogen-bond donors (Lipinski definition) is 0. The first kappa shape index (κ1) is 20.8. The Balaban J connectivity index is 1.86. The third-order valence-electron chi connectivity index (χ3n) is 4.72. The van der Waals surface area contributed by atoms with E-state index in [-0.39, 0.29) is 5.91 Å². The van der Waals surface area contributed by atoms with Gasteiger partial charge in [-0.1, -0.05) is 55.9 Å². The zero-order valence-corrected chi connectivity index (χ0v) is 18.3. The molecule has 2 heterocycles. The smallest absolute Gasteiger partial charge is 0.247 e. The van der Waals surface area contributed by atoms with E-state index in [4.69, 9.17) is 10.00 Å². The van der Waals surface area contributed by atoms with Crippen LogP contribution < -0.4 is 9.64 Å². The molecule has 1 amide bonds. The zero-order valence-electron chi connectivity index (χ0n) is 17.4. The minimum atomic E-state index is -0.757. The van der Waals surface area contributed by atoms with Crippen LogP contribution >= 0.6 is 11.8 Å². The molecule has 0 fully saturated rings. The first-order valence-corrected chi connectivity index (χ1v) is 10.9. The molecule has 0 unspecified atom stereocenters. The Morgan fingerprint density at radius 3 is 2.61 bits per heavy atom. The number of benzene rings is 2. The number of hydrogen-bond acceptors (Lipinski definition) is 7. The number of carbonyl (C=O) groups excluding carboxylic acids is 1. The Morgan fingerprint density at radius 1 is 1.19 bits per heavy atom. The van der Waals surface area contributed by atoms with Gasteiger partial charge >= 0.3 is 0 Å². The molecular formula is C23H21N5O2S. The Labute approximate surface area is 185 Å². The fraction of sp³-hybridized carbons (Fsp3) is 0.261. The standard InChI is InChI=1S/C23H21N5O2S/c1-14(2)13-31-23-25-21-20(26-27-23)18-6-4-5-7-19(18)28(15(3)29)22(30-21)17-10-8-16(12-24)9-11-17/h4-11,14,22H,13H2,1-3H3/t22-/m1/s1. The molecule has 1 aliphatic heterocycles. The van der Waals surface area contributed by atoms with Crippen molar-refractivity contribution in [2.45, 2.75) is 32.2 Å². The quantitative estimate of drug-likeness (QED) is 0.557. The summed E-state index contributed by atoms with van der Waals surface area (Å²) in [6.07, 6.45) is -0.757. The van der Waals surface area contributed by atoms with Crippen LogP contribution in [0.4, 0.5) is 5.69 Å². The lowest BCUT2D eigenvalue weighted by molar-refractivity contribution is -0.118. The van der Waals surface area contributed by atoms with Crippen LogP contribution in [0.3, 0.4) is 0 Å². The van der Waals surface area contributed by atoms with Crippen LogP contribution in [-0.4, -0.2) is 26.8 Å². The molecule has 3 aromatic rings. The van der Waals surface area contributed by atoms with Gasteiger partial charge in [-0.2, -0.15) is 10.2 Å². The second kappa shape index (κ2) is 8.74. The van der Waals surface area contributed by atoms with Gasteiger partial charge < -0.3 is 4.74 Å². The maximum Gasteiger partial charge on any atom is 0.247 e. The van der Waals surface area contributed by atoms with E-state index in [1.165, 1.54) is 18.7 Å². The summed E-state index contributed by atoms with van der Waals surface area (Å²) in [6, 6.07) is 16.6. The van der Waals surface area contributed by atoms with E-state index < -0.39 is 6.23 Å². The lowest BCUT2D eigenvalue weighted by Gasteiger charge is -2.29. The van der Waals surface area contributed by atoms with E-state index in [1.807, 2.05) is 24.3 Å². The predicted molar refractivity (Wildman–Crippen MR) is 119 cm³/mol. The van der Waals surface area contributed by atoms with E-state index >= 15 is 0 Å². The van der Waals surface area contributed by atoms with E-state index in [0.717, 1.165) is 16.9 Å². The molecule has 0 N–H and O–H groups in total. The molecule has 7 nitrogen and oxygen atoms in total. The van der Waals surface area contributed by atoms with Gasteiger partial charge in [0.15, 0.2) is 5.69 Å². The second-order valence-electron chi connectivity index (χ2n) is 7.56. The van der Waals surface area contributed by atoms with Crippen molar-refractivity contribution >= 4 is 23.4 Å². The fourth-order valence-electron chi connectivity index (χ4n) is 3.29. The Kier molecular flexibility index (Phi) is 5.87. The maximum absolute atomic E-state index is 12.7. The first-order valence-electron chi connectivity index (χ1n) is 9.91. The highest BCUT2D eigenvalue weighted by Crippen LogP contribution is 2.43. The summed E-state index contributed by atoms with van der Waals surface area (Å²) in [5, 5.41) is 18.3. The van der Waals surface area contributed by atoms with Crippen molar-refractivity contribution in [3.05, 3.63) is 59.7 Å². The lowest BCUT2D eigenvalue weighted by atomic mass is 10.1. The van der Waals surface area contributed by atoms with Crippen LogP contribution in [0, 0.1) is 17.2 Å². The average Bonchev–Trinajstić information content (AvgIpc) is 2.92. The van der Waals surface area contributed by atoms with E-state index in [0.29, 0.717) is 33.9 Å². The van der Waals surface area contributed by atoms with Crippen LogP contribution in [0.25, 0.3) is 11.3 Å². The molecule has 1 atom stereocenters. The van der Waals surface area contributed by atoms with Crippen molar-refractivity contribution in [3.63, 3.8) is 0 Å². The summed E-state index contributed by atoms with van der Waals surface area (Å²) < 4.78 is 6.32. The molecule has 0 saturated carbocycles. The molecule has 0 spiro atoms. The number of rotatable bonds is 4. The van der Waals surface area contributed by atoms with Crippen molar-refractivity contribution in [2.24, 2.45) is 5.92 Å². The van der Waals surface area contributed by atoms with Crippen molar-refractivity contribution < 1.29 is 9.53 Å². The van der Waals surface area contributed by atoms with Crippen molar-refractivity contribution in [2.75, 3.05) is 10.7 Å². The Morgan fingerprint density at radius 2 is 1.94 bits per heavy atom. The largest absolute Gasteiger partial charge is 0.447 e. The van der Waals surface area contributed by atoms with Gasteiger partial charge in [0, 0.05) is 23.8 Å². The second-order valence-corrected chi connectivity index (χ2v) is 8.55. The number of thioether (sulfide) groups is 1. The SMILES string of the molecule is CC(=O)N1c2ccccc2-c2nnc(SCC(C)C)nc2O[C@@H]1c1ccc(C#N)cc1. The minimum Gasteiger partial charge on any atom is -0.447 e. The molecule has 0 aliphatic carbocycles. The zero-order chi connectivity index (χ0) is 22.0. The fourth-order valence-corrected chi connectivity index (χ4v) is 4.02. The molecule has 2 aromatic carbocycles. The monoisotopic (exact) mass is 431 g/mol. The lowest BCUT2D eigenvalue weighted by Crippen LogP contribution is -2.36. The van der Waals surface area contributed by atoms with Crippen molar-refractivity contribution in [1.82, 2.24) is 15.2 Å². The molecule has 31 heavy (non-hydrogen) atoms. The third kappa shape index (κ3) is 4.23. The summed E-state index contributed by atoms with van der Waals surface area (Å²) in [5.74, 6) is 1.48. The summed E-state index contributed by atoms with van der Waals surface area (Å²) >= 11 is 1.52. The molecule has 0 bridgehead atoms. The molecule has 1 aromatic heterocycles. The summed E-state index contributed by atoms with van der Waals surface area (Å²) in [4.78, 5) is 19.0. The molecule has 1 aliphatic rings. The maximum atomic E-state index is 12.7. The van der Waals surface area contributed by atoms with Crippen LogP contribution in [0.5, 0.6) is 5.88 Å². The molecule has 0 radical (unpaired) electrons. The van der Waals surface area contributed by atoms with Gasteiger partial charge in [-0.15, -0.1) is 10.2 Å². The number of nitriles is 1. The van der Waals surface area contributed by atoms with Gasteiger partial charge in [-0.3, -0.25) is 9.69 Å². The molecule has 4 rings (SSSR count). The summed E-state index contributed by atoms with van der Waals surface area (Å²) in [5.41, 5.74) is 3.15. The van der Waals surface area contributed by atoms with Gasteiger partial charge in [-0.05, 0) is 24.1 Å². The number of nitrogens with zero attached hydrogens (tertiary/aromatic N) is 5. The van der Waals surface area contributed by atoms with Gasteiger partial charge in [0.1, 0.15) is 0 Å². The Bertz CT molecular complexity index is 1160. The van der Waals surface area contributed by atoms with Crippen LogP contribution in [0.2, 0.25) is 0 Å². The van der Waals surface area contributed by atoms with E-state index in [1.54, 1.807) is 29.2 Å². The highest BCUT2D eigenvalue weighted by molar-refractivity contribution is 7.99. The number of fused-ring (bicyclic) bond motifs is 3. The number of anilines is 1. The minimum absolute atomic E-state index is 0.183. The van der Waals surface area contributed by atoms with Crippen LogP contribution in [0.15, 0.2) is 53.7 Å². The predicted octanol–water partition coefficient (Wildman–Crippen LogP) is 4.60. The van der Waals surface area contributed by atoms with E-state index in [2.05, 4.69) is 35.1 Å². The molecular weight excluding hydrogens is 410 g/mol.